The van der Waals surface area contributed by atoms with E-state index in [1.807, 2.05) is 0 Å². The molecule has 1 aromatic rings. The number of nitrogens with one attached hydrogen (secondary N) is 2. The third kappa shape index (κ3) is 4.18. The molecule has 0 fully saturated rings. The number of esters is 1. The number of ether oxygens (including phenoxy) is 1. The van der Waals surface area contributed by atoms with Gasteiger partial charge in [0.2, 0.25) is 0 Å². The summed E-state index contributed by atoms with van der Waals surface area (Å²) in [6.45, 7) is 1.87. The van der Waals surface area contributed by atoms with Crippen LogP contribution < -0.4 is 5.32 Å². The summed E-state index contributed by atoms with van der Waals surface area (Å²) in [5.41, 5.74) is -0.0549. The van der Waals surface area contributed by atoms with Crippen molar-refractivity contribution >= 4 is 17.5 Å². The second-order valence-corrected chi connectivity index (χ2v) is 3.21. The van der Waals surface area contributed by atoms with Gasteiger partial charge in [-0.05, 0) is 19.1 Å². The van der Waals surface area contributed by atoms with Gasteiger partial charge in [-0.2, -0.15) is 0 Å². The Kier molecular flexibility index (Phi) is 4.56. The van der Waals surface area contributed by atoms with Gasteiger partial charge in [0.25, 0.3) is 0 Å². The molecule has 2 N–H and O–H groups in total. The molecule has 17 heavy (non-hydrogen) atoms. The normalized spacial score (nSPS) is 9.82. The number of hydrogen-bond donors (Lipinski definition) is 2. The molecule has 0 saturated carbocycles. The van der Waals surface area contributed by atoms with Crippen LogP contribution in [0.15, 0.2) is 18.2 Å². The highest BCUT2D eigenvalue weighted by Crippen LogP contribution is 2.15. The van der Waals surface area contributed by atoms with Gasteiger partial charge in [0.05, 0.1) is 12.3 Å². The lowest BCUT2D eigenvalue weighted by Crippen LogP contribution is -2.18. The first kappa shape index (κ1) is 13.1. The van der Waals surface area contributed by atoms with Crippen molar-refractivity contribution in [2.75, 3.05) is 11.9 Å². The van der Waals surface area contributed by atoms with E-state index in [2.05, 4.69) is 10.1 Å². The summed E-state index contributed by atoms with van der Waals surface area (Å²) in [7, 11) is 0. The van der Waals surface area contributed by atoms with Gasteiger partial charge in [-0.25, -0.2) is 8.78 Å². The monoisotopic (exact) mass is 242 g/mol. The van der Waals surface area contributed by atoms with Crippen molar-refractivity contribution in [3.05, 3.63) is 29.8 Å². The molecule has 0 heterocycles. The first-order valence-corrected chi connectivity index (χ1v) is 4.98. The molecule has 0 amide bonds. The van der Waals surface area contributed by atoms with Crippen molar-refractivity contribution in [3.8, 4) is 0 Å². The van der Waals surface area contributed by atoms with Gasteiger partial charge in [-0.15, -0.1) is 0 Å². The minimum atomic E-state index is -0.821. The van der Waals surface area contributed by atoms with Crippen LogP contribution in [0.4, 0.5) is 14.5 Å². The molecule has 0 bridgehead atoms. The number of carbonyl (C=O) groups is 1. The Labute approximate surface area is 97.1 Å². The summed E-state index contributed by atoms with van der Waals surface area (Å²) in [6.07, 6.45) is -0.287. The number of benzene rings is 1. The van der Waals surface area contributed by atoms with Crippen molar-refractivity contribution < 1.29 is 18.3 Å². The van der Waals surface area contributed by atoms with Gasteiger partial charge >= 0.3 is 5.97 Å². The van der Waals surface area contributed by atoms with E-state index in [4.69, 9.17) is 5.41 Å². The van der Waals surface area contributed by atoms with Crippen LogP contribution in [0.5, 0.6) is 0 Å². The molecule has 0 radical (unpaired) electrons. The van der Waals surface area contributed by atoms with Crippen molar-refractivity contribution in [1.29, 1.82) is 5.41 Å². The molecule has 6 heteroatoms. The third-order valence-electron chi connectivity index (χ3n) is 1.84. The molecule has 4 nitrogen and oxygen atoms in total. The molecule has 1 aromatic carbocycles. The maximum atomic E-state index is 13.2. The Morgan fingerprint density at radius 1 is 1.47 bits per heavy atom. The standard InChI is InChI=1S/C11H12F2N2O2/c1-2-17-11(16)6-10(14)15-9-4-3-7(12)5-8(9)13/h3-5H,2,6H2,1H3,(H2,14,15). The second-order valence-electron chi connectivity index (χ2n) is 3.21. The van der Waals surface area contributed by atoms with Crippen molar-refractivity contribution in [1.82, 2.24) is 0 Å². The molecule has 1 rings (SSSR count). The van der Waals surface area contributed by atoms with Crippen LogP contribution in [-0.4, -0.2) is 18.4 Å². The van der Waals surface area contributed by atoms with Gasteiger partial charge in [-0.3, -0.25) is 10.2 Å². The highest BCUT2D eigenvalue weighted by molar-refractivity contribution is 6.03. The predicted octanol–water partition coefficient (Wildman–Crippen LogP) is 2.31. The first-order valence-electron chi connectivity index (χ1n) is 4.98. The zero-order chi connectivity index (χ0) is 12.8. The van der Waals surface area contributed by atoms with Crippen molar-refractivity contribution in [2.45, 2.75) is 13.3 Å². The quantitative estimate of drug-likeness (QED) is 0.484. The largest absolute Gasteiger partial charge is 0.466 e. The highest BCUT2D eigenvalue weighted by Gasteiger charge is 2.09. The molecule has 0 aliphatic rings. The fraction of sp³-hybridized carbons (Fsp3) is 0.273. The molecule has 0 atom stereocenters. The van der Waals surface area contributed by atoms with E-state index >= 15 is 0 Å². The number of anilines is 1. The summed E-state index contributed by atoms with van der Waals surface area (Å²) in [5.74, 6) is -2.31. The van der Waals surface area contributed by atoms with Crippen LogP contribution in [-0.2, 0) is 9.53 Å². The van der Waals surface area contributed by atoms with Gasteiger partial charge in [-0.1, -0.05) is 0 Å². The number of carbonyl (C=O) groups excluding carboxylic acids is 1. The van der Waals surface area contributed by atoms with Crippen LogP contribution in [0.1, 0.15) is 13.3 Å². The Hall–Kier alpha value is -1.98. The van der Waals surface area contributed by atoms with Crippen LogP contribution in [0.25, 0.3) is 0 Å². The van der Waals surface area contributed by atoms with E-state index in [1.54, 1.807) is 6.92 Å². The summed E-state index contributed by atoms with van der Waals surface area (Å²) < 4.78 is 30.4. The Bertz CT molecular complexity index is 435. The van der Waals surface area contributed by atoms with Crippen LogP contribution in [0, 0.1) is 17.0 Å². The second kappa shape index (κ2) is 5.93. The van der Waals surface area contributed by atoms with E-state index in [0.717, 1.165) is 12.1 Å². The van der Waals surface area contributed by atoms with E-state index in [9.17, 15) is 13.6 Å². The SMILES string of the molecule is CCOC(=O)CC(=N)Nc1ccc(F)cc1F. The predicted molar refractivity (Wildman–Crippen MR) is 59.0 cm³/mol. The minimum absolute atomic E-state index is 0.0549. The van der Waals surface area contributed by atoms with Crippen LogP contribution in [0.2, 0.25) is 0 Å². The lowest BCUT2D eigenvalue weighted by Gasteiger charge is -2.08. The molecule has 0 aliphatic carbocycles. The maximum absolute atomic E-state index is 13.2. The molecular weight excluding hydrogens is 230 g/mol. The molecule has 0 spiro atoms. The molecule has 0 aliphatic heterocycles. The lowest BCUT2D eigenvalue weighted by atomic mass is 10.3. The van der Waals surface area contributed by atoms with Gasteiger partial charge in [0, 0.05) is 6.07 Å². The number of rotatable bonds is 4. The lowest BCUT2D eigenvalue weighted by molar-refractivity contribution is -0.141. The van der Waals surface area contributed by atoms with E-state index in [1.165, 1.54) is 0 Å². The van der Waals surface area contributed by atoms with E-state index < -0.39 is 17.6 Å². The molecule has 0 aromatic heterocycles. The number of hydrogen-bond acceptors (Lipinski definition) is 3. The van der Waals surface area contributed by atoms with E-state index in [-0.39, 0.29) is 24.6 Å². The summed E-state index contributed by atoms with van der Waals surface area (Å²) >= 11 is 0. The summed E-state index contributed by atoms with van der Waals surface area (Å²) in [4.78, 5) is 11.0. The highest BCUT2D eigenvalue weighted by atomic mass is 19.1. The molecule has 0 saturated heterocycles. The number of halogens is 2. The fourth-order valence-electron chi connectivity index (χ4n) is 1.15. The van der Waals surface area contributed by atoms with Gasteiger partial charge < -0.3 is 10.1 Å². The van der Waals surface area contributed by atoms with Crippen molar-refractivity contribution in [2.24, 2.45) is 0 Å². The topological polar surface area (TPSA) is 62.2 Å². The average molecular weight is 242 g/mol. The Morgan fingerprint density at radius 2 is 2.18 bits per heavy atom. The molecule has 92 valence electrons. The van der Waals surface area contributed by atoms with E-state index in [0.29, 0.717) is 6.07 Å². The molecular formula is C11H12F2N2O2. The summed E-state index contributed by atoms with van der Waals surface area (Å²) in [6, 6.07) is 2.91. The molecule has 0 unspecified atom stereocenters. The van der Waals surface area contributed by atoms with Crippen LogP contribution >= 0.6 is 0 Å². The smallest absolute Gasteiger partial charge is 0.313 e. The number of amidine groups is 1. The van der Waals surface area contributed by atoms with Crippen molar-refractivity contribution in [3.63, 3.8) is 0 Å². The third-order valence-corrected chi connectivity index (χ3v) is 1.84. The fourth-order valence-corrected chi connectivity index (χ4v) is 1.15. The van der Waals surface area contributed by atoms with Crippen LogP contribution in [0.3, 0.4) is 0 Å². The van der Waals surface area contributed by atoms with Gasteiger partial charge in [0.1, 0.15) is 23.9 Å². The average Bonchev–Trinajstić information content (AvgIpc) is 2.22. The summed E-state index contributed by atoms with van der Waals surface area (Å²) in [5, 5.41) is 9.78. The van der Waals surface area contributed by atoms with Gasteiger partial charge in [0.15, 0.2) is 0 Å². The zero-order valence-corrected chi connectivity index (χ0v) is 9.22. The minimum Gasteiger partial charge on any atom is -0.466 e. The Morgan fingerprint density at radius 3 is 2.76 bits per heavy atom. The maximum Gasteiger partial charge on any atom is 0.313 e. The zero-order valence-electron chi connectivity index (χ0n) is 9.22. The first-order chi connectivity index (χ1) is 8.02. The Balaban J connectivity index is 2.59.